The summed E-state index contributed by atoms with van der Waals surface area (Å²) in [6, 6.07) is 0. The lowest BCUT2D eigenvalue weighted by molar-refractivity contribution is -0.309. The fraction of sp³-hybridized carbons (Fsp3) is 0.864. The van der Waals surface area contributed by atoms with Crippen molar-refractivity contribution in [2.45, 2.75) is 77.3 Å². The number of carbonyl (C=O) groups excluding carboxylic acids is 1. The van der Waals surface area contributed by atoms with Gasteiger partial charge in [0, 0.05) is 37.8 Å². The van der Waals surface area contributed by atoms with Crippen molar-refractivity contribution in [1.82, 2.24) is 5.06 Å². The summed E-state index contributed by atoms with van der Waals surface area (Å²) in [4.78, 5) is 17.5. The van der Waals surface area contributed by atoms with Crippen molar-refractivity contribution in [3.8, 4) is 0 Å². The summed E-state index contributed by atoms with van der Waals surface area (Å²) in [5, 5.41) is 10.3. The van der Waals surface area contributed by atoms with E-state index < -0.39 is 5.79 Å². The van der Waals surface area contributed by atoms with Crippen molar-refractivity contribution in [2.75, 3.05) is 34.0 Å². The number of hydrogen-bond donors (Lipinski definition) is 1. The van der Waals surface area contributed by atoms with Gasteiger partial charge in [-0.25, -0.2) is 5.06 Å². The van der Waals surface area contributed by atoms with Crippen molar-refractivity contribution in [1.29, 1.82) is 0 Å². The van der Waals surface area contributed by atoms with Crippen LogP contribution < -0.4 is 0 Å². The third-order valence-electron chi connectivity index (χ3n) is 5.85. The summed E-state index contributed by atoms with van der Waals surface area (Å²) in [5.41, 5.74) is 1.03. The molecule has 0 aromatic heterocycles. The molecule has 168 valence electrons. The van der Waals surface area contributed by atoms with E-state index in [0.29, 0.717) is 26.1 Å². The summed E-state index contributed by atoms with van der Waals surface area (Å²) in [7, 11) is 3.09. The average Bonchev–Trinajstić information content (AvgIpc) is 3.05. The molecule has 0 bridgehead atoms. The van der Waals surface area contributed by atoms with E-state index in [1.807, 2.05) is 6.92 Å². The van der Waals surface area contributed by atoms with Crippen LogP contribution in [0.25, 0.3) is 0 Å². The minimum atomic E-state index is -0.813. The van der Waals surface area contributed by atoms with Crippen LogP contribution >= 0.6 is 0 Å². The molecule has 2 heterocycles. The Morgan fingerprint density at radius 3 is 2.59 bits per heavy atom. The minimum Gasteiger partial charge on any atom is -0.396 e. The molecular weight excluding hydrogens is 374 g/mol. The molecule has 0 aromatic rings. The molecule has 29 heavy (non-hydrogen) atoms. The summed E-state index contributed by atoms with van der Waals surface area (Å²) < 4.78 is 18.6. The van der Waals surface area contributed by atoms with Crippen molar-refractivity contribution in [3.63, 3.8) is 0 Å². The lowest BCUT2D eigenvalue weighted by Crippen LogP contribution is -2.50. The highest BCUT2D eigenvalue weighted by Crippen LogP contribution is 2.39. The van der Waals surface area contributed by atoms with Gasteiger partial charge in [0.05, 0.1) is 32.5 Å². The predicted octanol–water partition coefficient (Wildman–Crippen LogP) is 3.07. The van der Waals surface area contributed by atoms with Gasteiger partial charge in [-0.05, 0) is 31.3 Å². The molecule has 0 spiro atoms. The maximum Gasteiger partial charge on any atom is 0.248 e. The zero-order valence-corrected chi connectivity index (χ0v) is 18.7. The van der Waals surface area contributed by atoms with Crippen molar-refractivity contribution in [3.05, 3.63) is 12.2 Å². The monoisotopic (exact) mass is 413 g/mol. The molecule has 7 heteroatoms. The van der Waals surface area contributed by atoms with Gasteiger partial charge in [0.15, 0.2) is 5.79 Å². The van der Waals surface area contributed by atoms with E-state index in [-0.39, 0.29) is 36.1 Å². The zero-order chi connectivity index (χ0) is 21.7. The fourth-order valence-corrected chi connectivity index (χ4v) is 3.97. The molecule has 1 amide bonds. The van der Waals surface area contributed by atoms with Gasteiger partial charge < -0.3 is 19.3 Å². The van der Waals surface area contributed by atoms with Gasteiger partial charge in [-0.1, -0.05) is 27.4 Å². The summed E-state index contributed by atoms with van der Waals surface area (Å²) >= 11 is 0. The van der Waals surface area contributed by atoms with Crippen LogP contribution in [0, 0.1) is 11.3 Å². The number of ether oxygens (including phenoxy) is 3. The van der Waals surface area contributed by atoms with E-state index in [4.69, 9.17) is 24.2 Å². The third-order valence-corrected chi connectivity index (χ3v) is 5.85. The standard InChI is InChI=1S/C22H39NO6/c1-16-12-18(8-7-11-24)29-19(16)9-10-22(27-14-21(3,4)15-28-22)13-17(2)20(25)23(5)26-6/h17-19,24H,1,7-15H2,2-6H3/t17-,18+,19+/m1/s1. The van der Waals surface area contributed by atoms with Crippen LogP contribution in [0.15, 0.2) is 12.2 Å². The number of aliphatic hydroxyl groups excluding tert-OH is 1. The quantitative estimate of drug-likeness (QED) is 0.438. The van der Waals surface area contributed by atoms with Gasteiger partial charge in [0.1, 0.15) is 0 Å². The molecule has 1 N–H and O–H groups in total. The van der Waals surface area contributed by atoms with Gasteiger partial charge in [0.2, 0.25) is 5.91 Å². The van der Waals surface area contributed by atoms with Crippen LogP contribution in [0.2, 0.25) is 0 Å². The molecule has 0 unspecified atom stereocenters. The van der Waals surface area contributed by atoms with Gasteiger partial charge in [-0.3, -0.25) is 9.63 Å². The molecule has 3 atom stereocenters. The van der Waals surface area contributed by atoms with E-state index in [1.54, 1.807) is 7.05 Å². The van der Waals surface area contributed by atoms with E-state index in [2.05, 4.69) is 20.4 Å². The molecule has 7 nitrogen and oxygen atoms in total. The van der Waals surface area contributed by atoms with Gasteiger partial charge in [0.25, 0.3) is 0 Å². The highest BCUT2D eigenvalue weighted by molar-refractivity contribution is 5.77. The lowest BCUT2D eigenvalue weighted by atomic mass is 9.89. The van der Waals surface area contributed by atoms with Crippen LogP contribution in [-0.2, 0) is 23.8 Å². The Morgan fingerprint density at radius 2 is 2.00 bits per heavy atom. The first-order valence-corrected chi connectivity index (χ1v) is 10.6. The Kier molecular flexibility index (Phi) is 8.67. The van der Waals surface area contributed by atoms with Crippen molar-refractivity contribution in [2.24, 2.45) is 11.3 Å². The number of aliphatic hydroxyl groups is 1. The van der Waals surface area contributed by atoms with Crippen molar-refractivity contribution >= 4 is 5.91 Å². The number of rotatable bonds is 10. The summed E-state index contributed by atoms with van der Waals surface area (Å²) in [6.07, 6.45) is 4.33. The Labute approximate surface area is 175 Å². The maximum atomic E-state index is 12.5. The topological polar surface area (TPSA) is 77.5 Å². The number of amides is 1. The van der Waals surface area contributed by atoms with Crippen molar-refractivity contribution < 1.29 is 28.9 Å². The number of hydroxylamine groups is 2. The lowest BCUT2D eigenvalue weighted by Gasteiger charge is -2.45. The maximum absolute atomic E-state index is 12.5. The second-order valence-corrected chi connectivity index (χ2v) is 9.29. The molecular formula is C22H39NO6. The predicted molar refractivity (Wildman–Crippen MR) is 110 cm³/mol. The fourth-order valence-electron chi connectivity index (χ4n) is 3.97. The molecule has 2 aliphatic rings. The molecule has 0 radical (unpaired) electrons. The number of nitrogens with zero attached hydrogens (tertiary/aromatic N) is 1. The van der Waals surface area contributed by atoms with Gasteiger partial charge >= 0.3 is 0 Å². The third kappa shape index (κ3) is 6.76. The van der Waals surface area contributed by atoms with Crippen LogP contribution in [-0.4, -0.2) is 68.1 Å². The van der Waals surface area contributed by atoms with Crippen LogP contribution in [0.4, 0.5) is 0 Å². The molecule has 0 saturated carbocycles. The van der Waals surface area contributed by atoms with Gasteiger partial charge in [-0.2, -0.15) is 0 Å². The van der Waals surface area contributed by atoms with E-state index in [9.17, 15) is 4.79 Å². The average molecular weight is 414 g/mol. The van der Waals surface area contributed by atoms with Crippen LogP contribution in [0.1, 0.15) is 59.3 Å². The van der Waals surface area contributed by atoms with E-state index in [0.717, 1.165) is 31.3 Å². The van der Waals surface area contributed by atoms with Crippen LogP contribution in [0.3, 0.4) is 0 Å². The highest BCUT2D eigenvalue weighted by Gasteiger charge is 2.44. The Morgan fingerprint density at radius 1 is 1.34 bits per heavy atom. The highest BCUT2D eigenvalue weighted by atomic mass is 16.7. The molecule has 2 fully saturated rings. The number of carbonyl (C=O) groups is 1. The Bertz CT molecular complexity index is 554. The van der Waals surface area contributed by atoms with E-state index in [1.165, 1.54) is 12.2 Å². The van der Waals surface area contributed by atoms with E-state index >= 15 is 0 Å². The number of hydrogen-bond acceptors (Lipinski definition) is 6. The summed E-state index contributed by atoms with van der Waals surface area (Å²) in [6.45, 7) is 11.6. The first kappa shape index (κ1) is 24.3. The minimum absolute atomic E-state index is 0.0367. The first-order chi connectivity index (χ1) is 13.6. The molecule has 2 saturated heterocycles. The second-order valence-electron chi connectivity index (χ2n) is 9.29. The molecule has 2 aliphatic heterocycles. The zero-order valence-electron chi connectivity index (χ0n) is 18.7. The summed E-state index contributed by atoms with van der Waals surface area (Å²) in [5.74, 6) is -1.22. The molecule has 2 rings (SSSR count). The second kappa shape index (κ2) is 10.4. The van der Waals surface area contributed by atoms with Crippen LogP contribution in [0.5, 0.6) is 0 Å². The van der Waals surface area contributed by atoms with Gasteiger partial charge in [-0.15, -0.1) is 0 Å². The Balaban J connectivity index is 2.01. The Hall–Kier alpha value is -0.990. The molecule has 0 aromatic carbocycles. The molecule has 0 aliphatic carbocycles. The normalized spacial score (nSPS) is 27.0. The SMILES string of the molecule is C=C1C[C@H](CCCO)O[C@H]1CCC1(C[C@@H](C)C(=O)N(C)OC)OCC(C)(C)CO1. The smallest absolute Gasteiger partial charge is 0.248 e. The largest absolute Gasteiger partial charge is 0.396 e. The first-order valence-electron chi connectivity index (χ1n) is 10.6.